The van der Waals surface area contributed by atoms with Crippen molar-refractivity contribution in [2.75, 3.05) is 21.8 Å². The molecule has 0 saturated carbocycles. The quantitative estimate of drug-likeness (QED) is 0.807. The zero-order valence-electron chi connectivity index (χ0n) is 12.7. The maximum absolute atomic E-state index is 12.4. The van der Waals surface area contributed by atoms with Gasteiger partial charge in [-0.05, 0) is 54.4 Å². The molecule has 0 radical (unpaired) electrons. The first-order chi connectivity index (χ1) is 11.2. The summed E-state index contributed by atoms with van der Waals surface area (Å²) < 4.78 is 52.9. The first-order valence-electron chi connectivity index (χ1n) is 7.06. The van der Waals surface area contributed by atoms with Crippen molar-refractivity contribution in [2.45, 2.75) is 11.3 Å². The standard InChI is InChI=1S/C15H15BrN2O4S2/c1-23(19,20)18-9-8-11-10-13(4-7-15(11)18)17-24(21,22)14-5-2-12(16)3-6-14/h2-7,10,17H,8-9H2,1H3. The minimum absolute atomic E-state index is 0.156. The lowest BCUT2D eigenvalue weighted by atomic mass is 10.1. The van der Waals surface area contributed by atoms with Gasteiger partial charge in [0.05, 0.1) is 16.8 Å². The second-order valence-electron chi connectivity index (χ2n) is 5.49. The summed E-state index contributed by atoms with van der Waals surface area (Å²) in [6, 6.07) is 11.2. The van der Waals surface area contributed by atoms with E-state index in [4.69, 9.17) is 0 Å². The Bertz CT molecular complexity index is 987. The van der Waals surface area contributed by atoms with Crippen LogP contribution in [0, 0.1) is 0 Å². The van der Waals surface area contributed by atoms with Crippen LogP contribution in [0.25, 0.3) is 0 Å². The minimum atomic E-state index is -3.69. The van der Waals surface area contributed by atoms with Gasteiger partial charge in [0, 0.05) is 16.7 Å². The lowest BCUT2D eigenvalue weighted by Crippen LogP contribution is -2.27. The molecule has 0 spiro atoms. The SMILES string of the molecule is CS(=O)(=O)N1CCc2cc(NS(=O)(=O)c3ccc(Br)cc3)ccc21. The van der Waals surface area contributed by atoms with E-state index < -0.39 is 20.0 Å². The van der Waals surface area contributed by atoms with E-state index in [-0.39, 0.29) is 4.90 Å². The number of anilines is 2. The Balaban J connectivity index is 1.89. The molecule has 0 aromatic heterocycles. The maximum Gasteiger partial charge on any atom is 0.261 e. The van der Waals surface area contributed by atoms with E-state index in [1.165, 1.54) is 16.4 Å². The minimum Gasteiger partial charge on any atom is -0.280 e. The van der Waals surface area contributed by atoms with Crippen molar-refractivity contribution in [3.8, 4) is 0 Å². The molecule has 24 heavy (non-hydrogen) atoms. The van der Waals surface area contributed by atoms with Crippen LogP contribution in [0.2, 0.25) is 0 Å². The fourth-order valence-electron chi connectivity index (χ4n) is 2.61. The number of fused-ring (bicyclic) bond motifs is 1. The fourth-order valence-corrected chi connectivity index (χ4v) is 4.88. The van der Waals surface area contributed by atoms with Crippen molar-refractivity contribution in [1.29, 1.82) is 0 Å². The molecule has 1 heterocycles. The number of benzene rings is 2. The van der Waals surface area contributed by atoms with Crippen LogP contribution in [0.15, 0.2) is 51.8 Å². The van der Waals surface area contributed by atoms with Crippen LogP contribution in [0.1, 0.15) is 5.56 Å². The largest absolute Gasteiger partial charge is 0.280 e. The van der Waals surface area contributed by atoms with Gasteiger partial charge in [-0.25, -0.2) is 16.8 Å². The van der Waals surface area contributed by atoms with Crippen LogP contribution in [0.3, 0.4) is 0 Å². The molecule has 0 unspecified atom stereocenters. The normalized spacial score (nSPS) is 14.5. The smallest absolute Gasteiger partial charge is 0.261 e. The van der Waals surface area contributed by atoms with Gasteiger partial charge in [0.15, 0.2) is 0 Å². The molecule has 0 saturated heterocycles. The number of rotatable bonds is 4. The fraction of sp³-hybridized carbons (Fsp3) is 0.200. The average molecular weight is 431 g/mol. The third-order valence-corrected chi connectivity index (χ3v) is 6.81. The maximum atomic E-state index is 12.4. The predicted octanol–water partition coefficient (Wildman–Crippen LogP) is 2.57. The van der Waals surface area contributed by atoms with Gasteiger partial charge in [0.1, 0.15) is 0 Å². The number of nitrogens with zero attached hydrogens (tertiary/aromatic N) is 1. The van der Waals surface area contributed by atoms with Gasteiger partial charge in [0.2, 0.25) is 10.0 Å². The summed E-state index contributed by atoms with van der Waals surface area (Å²) in [5, 5.41) is 0. The molecule has 2 aromatic rings. The first-order valence-corrected chi connectivity index (χ1v) is 11.2. The molecule has 6 nitrogen and oxygen atoms in total. The Hall–Kier alpha value is -1.58. The van der Waals surface area contributed by atoms with Crippen LogP contribution < -0.4 is 9.03 Å². The molecule has 2 aromatic carbocycles. The van der Waals surface area contributed by atoms with Gasteiger partial charge in [0.25, 0.3) is 10.0 Å². The molecular weight excluding hydrogens is 416 g/mol. The van der Waals surface area contributed by atoms with Crippen molar-refractivity contribution >= 4 is 47.4 Å². The topological polar surface area (TPSA) is 83.6 Å². The third kappa shape index (κ3) is 3.42. The Morgan fingerprint density at radius 1 is 1.04 bits per heavy atom. The van der Waals surface area contributed by atoms with E-state index in [2.05, 4.69) is 20.7 Å². The van der Waals surface area contributed by atoms with Crippen LogP contribution in [-0.2, 0) is 26.5 Å². The molecule has 1 aliphatic rings. The Labute approximate surface area is 149 Å². The van der Waals surface area contributed by atoms with Crippen LogP contribution >= 0.6 is 15.9 Å². The second kappa shape index (κ2) is 6.05. The molecule has 1 N–H and O–H groups in total. The van der Waals surface area contributed by atoms with Crippen LogP contribution in [0.5, 0.6) is 0 Å². The first kappa shape index (κ1) is 17.2. The highest BCUT2D eigenvalue weighted by molar-refractivity contribution is 9.10. The molecule has 0 amide bonds. The molecule has 9 heteroatoms. The van der Waals surface area contributed by atoms with Gasteiger partial charge >= 0.3 is 0 Å². The van der Waals surface area contributed by atoms with Gasteiger partial charge in [-0.2, -0.15) is 0 Å². The average Bonchev–Trinajstić information content (AvgIpc) is 2.90. The molecule has 0 atom stereocenters. The van der Waals surface area contributed by atoms with Gasteiger partial charge in [-0.1, -0.05) is 15.9 Å². The third-order valence-electron chi connectivity index (χ3n) is 3.71. The van der Waals surface area contributed by atoms with E-state index in [1.54, 1.807) is 30.3 Å². The van der Waals surface area contributed by atoms with E-state index in [0.717, 1.165) is 16.3 Å². The van der Waals surface area contributed by atoms with Crippen molar-refractivity contribution in [2.24, 2.45) is 0 Å². The summed E-state index contributed by atoms with van der Waals surface area (Å²) in [5.41, 5.74) is 1.81. The van der Waals surface area contributed by atoms with E-state index >= 15 is 0 Å². The number of sulfonamides is 2. The monoisotopic (exact) mass is 430 g/mol. The summed E-state index contributed by atoms with van der Waals surface area (Å²) in [6.07, 6.45) is 1.71. The van der Waals surface area contributed by atoms with Crippen molar-refractivity contribution < 1.29 is 16.8 Å². The zero-order valence-corrected chi connectivity index (χ0v) is 15.9. The highest BCUT2D eigenvalue weighted by Gasteiger charge is 2.26. The van der Waals surface area contributed by atoms with Gasteiger partial charge in [-0.3, -0.25) is 9.03 Å². The van der Waals surface area contributed by atoms with E-state index in [0.29, 0.717) is 24.3 Å². The molecule has 0 aliphatic carbocycles. The Morgan fingerprint density at radius 3 is 2.33 bits per heavy atom. The van der Waals surface area contributed by atoms with Crippen LogP contribution in [-0.4, -0.2) is 29.6 Å². The summed E-state index contributed by atoms with van der Waals surface area (Å²) in [4.78, 5) is 0.156. The van der Waals surface area contributed by atoms with E-state index in [1.807, 2.05) is 0 Å². The Morgan fingerprint density at radius 2 is 1.71 bits per heavy atom. The lowest BCUT2D eigenvalue weighted by molar-refractivity contribution is 0.597. The number of hydrogen-bond donors (Lipinski definition) is 1. The highest BCUT2D eigenvalue weighted by Crippen LogP contribution is 2.32. The highest BCUT2D eigenvalue weighted by atomic mass is 79.9. The number of halogens is 1. The molecule has 0 bridgehead atoms. The second-order valence-corrected chi connectivity index (χ2v) is 9.99. The Kier molecular flexibility index (Phi) is 4.35. The predicted molar refractivity (Wildman–Crippen MR) is 97.3 cm³/mol. The summed E-state index contributed by atoms with van der Waals surface area (Å²) in [5.74, 6) is 0. The van der Waals surface area contributed by atoms with Crippen molar-refractivity contribution in [3.05, 3.63) is 52.5 Å². The molecular formula is C15H15BrN2O4S2. The van der Waals surface area contributed by atoms with Gasteiger partial charge < -0.3 is 0 Å². The summed E-state index contributed by atoms with van der Waals surface area (Å²) >= 11 is 3.27. The van der Waals surface area contributed by atoms with Gasteiger partial charge in [-0.15, -0.1) is 0 Å². The summed E-state index contributed by atoms with van der Waals surface area (Å²) in [7, 11) is -7.01. The lowest BCUT2D eigenvalue weighted by Gasteiger charge is -2.16. The van der Waals surface area contributed by atoms with E-state index in [9.17, 15) is 16.8 Å². The molecule has 3 rings (SSSR count). The van der Waals surface area contributed by atoms with Crippen molar-refractivity contribution in [1.82, 2.24) is 0 Å². The van der Waals surface area contributed by atoms with Crippen molar-refractivity contribution in [3.63, 3.8) is 0 Å². The zero-order chi connectivity index (χ0) is 17.5. The van der Waals surface area contributed by atoms with Crippen LogP contribution in [0.4, 0.5) is 11.4 Å². The molecule has 128 valence electrons. The number of nitrogens with one attached hydrogen (secondary N) is 1. The summed E-state index contributed by atoms with van der Waals surface area (Å²) in [6.45, 7) is 0.372. The number of hydrogen-bond acceptors (Lipinski definition) is 4. The molecule has 1 aliphatic heterocycles. The molecule has 0 fully saturated rings.